The van der Waals surface area contributed by atoms with Crippen LogP contribution in [-0.2, 0) is 5.92 Å². The van der Waals surface area contributed by atoms with E-state index in [1.54, 1.807) is 7.05 Å². The maximum atomic E-state index is 13.0. The molecule has 0 heterocycles. The van der Waals surface area contributed by atoms with Gasteiger partial charge in [0, 0.05) is 18.1 Å². The lowest BCUT2D eigenvalue weighted by Gasteiger charge is -2.11. The van der Waals surface area contributed by atoms with E-state index in [9.17, 15) is 13.6 Å². The molecule has 0 aliphatic heterocycles. The van der Waals surface area contributed by atoms with Gasteiger partial charge in [0.1, 0.15) is 0 Å². The molecule has 82 valence electrons. The molecule has 0 atom stereocenters. The van der Waals surface area contributed by atoms with Gasteiger partial charge in [0.25, 0.3) is 5.92 Å². The smallest absolute Gasteiger partial charge is 0.270 e. The van der Waals surface area contributed by atoms with Crippen molar-refractivity contribution in [3.63, 3.8) is 0 Å². The van der Waals surface area contributed by atoms with Crippen molar-refractivity contribution in [2.45, 2.75) is 12.8 Å². The number of alkyl halides is 2. The van der Waals surface area contributed by atoms with Gasteiger partial charge in [0.2, 0.25) is 0 Å². The molecule has 1 aromatic rings. The van der Waals surface area contributed by atoms with Crippen LogP contribution in [0.2, 0.25) is 0 Å². The van der Waals surface area contributed by atoms with Gasteiger partial charge in [-0.1, -0.05) is 18.2 Å². The van der Waals surface area contributed by atoms with Crippen LogP contribution in [0.25, 0.3) is 0 Å². The number of carbonyl (C=O) groups excluding carboxylic acids is 1. The first-order chi connectivity index (χ1) is 6.95. The molecular formula is C11H13F2NO. The Kier molecular flexibility index (Phi) is 3.52. The van der Waals surface area contributed by atoms with Crippen LogP contribution in [0, 0.1) is 0 Å². The second kappa shape index (κ2) is 4.49. The number of carbonyl (C=O) groups is 1. The van der Waals surface area contributed by atoms with E-state index in [0.29, 0.717) is 5.56 Å². The monoisotopic (exact) mass is 213 g/mol. The quantitative estimate of drug-likeness (QED) is 0.777. The number of hydrogen-bond donors (Lipinski definition) is 1. The molecule has 15 heavy (non-hydrogen) atoms. The fourth-order valence-corrected chi connectivity index (χ4v) is 1.23. The number of rotatable bonds is 4. The minimum Gasteiger partial charge on any atom is -0.313 e. The van der Waals surface area contributed by atoms with Crippen molar-refractivity contribution in [3.05, 3.63) is 35.4 Å². The predicted octanol–water partition coefficient (Wildman–Crippen LogP) is 2.20. The first-order valence-corrected chi connectivity index (χ1v) is 4.61. The third-order valence-corrected chi connectivity index (χ3v) is 2.03. The highest BCUT2D eigenvalue weighted by Crippen LogP contribution is 2.27. The van der Waals surface area contributed by atoms with Gasteiger partial charge in [-0.15, -0.1) is 0 Å². The molecule has 0 spiro atoms. The van der Waals surface area contributed by atoms with Crippen LogP contribution >= 0.6 is 0 Å². The Bertz CT molecular complexity index is 358. The molecule has 1 aromatic carbocycles. The summed E-state index contributed by atoms with van der Waals surface area (Å²) in [6.07, 6.45) is 0. The zero-order valence-electron chi connectivity index (χ0n) is 8.68. The molecule has 0 aliphatic rings. The van der Waals surface area contributed by atoms with Crippen LogP contribution in [-0.4, -0.2) is 19.4 Å². The highest BCUT2D eigenvalue weighted by molar-refractivity contribution is 5.97. The van der Waals surface area contributed by atoms with Gasteiger partial charge in [-0.3, -0.25) is 4.79 Å². The molecule has 4 heteroatoms. The minimum absolute atomic E-state index is 0.135. The van der Waals surface area contributed by atoms with E-state index in [4.69, 9.17) is 0 Å². The second-order valence-electron chi connectivity index (χ2n) is 3.42. The van der Waals surface area contributed by atoms with Crippen LogP contribution in [0.1, 0.15) is 22.8 Å². The lowest BCUT2D eigenvalue weighted by molar-refractivity contribution is 0.0174. The number of nitrogens with one attached hydrogen (secondary N) is 1. The fourth-order valence-electron chi connectivity index (χ4n) is 1.23. The van der Waals surface area contributed by atoms with Crippen LogP contribution < -0.4 is 5.32 Å². The average Bonchev–Trinajstić information content (AvgIpc) is 2.17. The highest BCUT2D eigenvalue weighted by Gasteiger charge is 2.24. The number of Topliss-reactive ketones (excluding diaryl/α,β-unsaturated/α-hetero) is 1. The predicted molar refractivity (Wildman–Crippen MR) is 54.3 cm³/mol. The van der Waals surface area contributed by atoms with Gasteiger partial charge in [-0.05, 0) is 13.1 Å². The van der Waals surface area contributed by atoms with E-state index in [1.165, 1.54) is 24.3 Å². The SMILES string of the molecule is CNCC(=O)c1cccc(C(C)(F)F)c1. The van der Waals surface area contributed by atoms with Crippen LogP contribution in [0.15, 0.2) is 24.3 Å². The molecule has 0 aliphatic carbocycles. The number of ketones is 1. The van der Waals surface area contributed by atoms with E-state index in [-0.39, 0.29) is 17.9 Å². The Morgan fingerprint density at radius 1 is 1.47 bits per heavy atom. The fraction of sp³-hybridized carbons (Fsp3) is 0.364. The van der Waals surface area contributed by atoms with Crippen LogP contribution in [0.4, 0.5) is 8.78 Å². The van der Waals surface area contributed by atoms with Gasteiger partial charge in [0.05, 0.1) is 6.54 Å². The molecule has 0 unspecified atom stereocenters. The number of benzene rings is 1. The minimum atomic E-state index is -2.91. The van der Waals surface area contributed by atoms with E-state index in [2.05, 4.69) is 5.32 Å². The van der Waals surface area contributed by atoms with Crippen molar-refractivity contribution in [1.82, 2.24) is 5.32 Å². The van der Waals surface area contributed by atoms with Gasteiger partial charge in [-0.2, -0.15) is 0 Å². The first kappa shape index (κ1) is 11.8. The van der Waals surface area contributed by atoms with Gasteiger partial charge >= 0.3 is 0 Å². The van der Waals surface area contributed by atoms with Gasteiger partial charge < -0.3 is 5.32 Å². The van der Waals surface area contributed by atoms with Crippen molar-refractivity contribution in [2.24, 2.45) is 0 Å². The average molecular weight is 213 g/mol. The van der Waals surface area contributed by atoms with Crippen molar-refractivity contribution in [2.75, 3.05) is 13.6 Å². The summed E-state index contributed by atoms with van der Waals surface area (Å²) in [6, 6.07) is 5.56. The Balaban J connectivity index is 2.98. The summed E-state index contributed by atoms with van der Waals surface area (Å²) in [5.41, 5.74) is 0.174. The van der Waals surface area contributed by atoms with Gasteiger partial charge in [-0.25, -0.2) is 8.78 Å². The molecule has 0 amide bonds. The van der Waals surface area contributed by atoms with Crippen LogP contribution in [0.5, 0.6) is 0 Å². The summed E-state index contributed by atoms with van der Waals surface area (Å²) in [5, 5.41) is 2.69. The maximum absolute atomic E-state index is 13.0. The number of hydrogen-bond acceptors (Lipinski definition) is 2. The van der Waals surface area contributed by atoms with Gasteiger partial charge in [0.15, 0.2) is 5.78 Å². The molecule has 0 bridgehead atoms. The molecule has 1 rings (SSSR count). The van der Waals surface area contributed by atoms with Crippen molar-refractivity contribution in [3.8, 4) is 0 Å². The van der Waals surface area contributed by atoms with Crippen molar-refractivity contribution < 1.29 is 13.6 Å². The molecule has 2 nitrogen and oxygen atoms in total. The Morgan fingerprint density at radius 2 is 2.13 bits per heavy atom. The summed E-state index contributed by atoms with van der Waals surface area (Å²) in [5.74, 6) is -3.10. The molecule has 0 radical (unpaired) electrons. The summed E-state index contributed by atoms with van der Waals surface area (Å²) in [7, 11) is 1.64. The normalized spacial score (nSPS) is 11.5. The zero-order chi connectivity index (χ0) is 11.5. The number of halogens is 2. The summed E-state index contributed by atoms with van der Waals surface area (Å²) >= 11 is 0. The molecule has 0 saturated carbocycles. The first-order valence-electron chi connectivity index (χ1n) is 4.61. The van der Waals surface area contributed by atoms with Crippen LogP contribution in [0.3, 0.4) is 0 Å². The molecule has 0 fully saturated rings. The van der Waals surface area contributed by atoms with Crippen molar-refractivity contribution in [1.29, 1.82) is 0 Å². The van der Waals surface area contributed by atoms with E-state index in [1.807, 2.05) is 0 Å². The maximum Gasteiger partial charge on any atom is 0.270 e. The Labute approximate surface area is 87.3 Å². The highest BCUT2D eigenvalue weighted by atomic mass is 19.3. The molecule has 1 N–H and O–H groups in total. The third-order valence-electron chi connectivity index (χ3n) is 2.03. The second-order valence-corrected chi connectivity index (χ2v) is 3.42. The molecule has 0 aromatic heterocycles. The van der Waals surface area contributed by atoms with E-state index >= 15 is 0 Å². The molecular weight excluding hydrogens is 200 g/mol. The largest absolute Gasteiger partial charge is 0.313 e. The molecule has 0 saturated heterocycles. The third kappa shape index (κ3) is 3.09. The Morgan fingerprint density at radius 3 is 2.67 bits per heavy atom. The Hall–Kier alpha value is -1.29. The standard InChI is InChI=1S/C11H13F2NO/c1-11(12,13)9-5-3-4-8(6-9)10(15)7-14-2/h3-6,14H,7H2,1-2H3. The van der Waals surface area contributed by atoms with E-state index in [0.717, 1.165) is 6.92 Å². The van der Waals surface area contributed by atoms with E-state index < -0.39 is 5.92 Å². The zero-order valence-corrected chi connectivity index (χ0v) is 8.68. The lowest BCUT2D eigenvalue weighted by atomic mass is 10.0. The number of likely N-dealkylation sites (N-methyl/N-ethyl adjacent to an activating group) is 1. The lowest BCUT2D eigenvalue weighted by Crippen LogP contribution is -2.19. The summed E-state index contributed by atoms with van der Waals surface area (Å²) in [4.78, 5) is 11.4. The summed E-state index contributed by atoms with van der Waals surface area (Å²) < 4.78 is 25.9. The van der Waals surface area contributed by atoms with Crippen molar-refractivity contribution >= 4 is 5.78 Å². The summed E-state index contributed by atoms with van der Waals surface area (Å²) in [6.45, 7) is 0.966. The topological polar surface area (TPSA) is 29.1 Å².